The molecule has 6 heteroatoms. The lowest BCUT2D eigenvalue weighted by Crippen LogP contribution is -2.18. The largest absolute Gasteiger partial charge is 0.328 e. The van der Waals surface area contributed by atoms with Crippen LogP contribution in [-0.2, 0) is 17.9 Å². The van der Waals surface area contributed by atoms with Gasteiger partial charge in [0.1, 0.15) is 12.4 Å². The number of carbonyl (C=O) groups is 1. The van der Waals surface area contributed by atoms with Crippen molar-refractivity contribution in [2.45, 2.75) is 32.0 Å². The van der Waals surface area contributed by atoms with E-state index < -0.39 is 0 Å². The molecule has 21 heavy (non-hydrogen) atoms. The molecule has 1 saturated carbocycles. The zero-order valence-electron chi connectivity index (χ0n) is 11.6. The molecule has 2 N–H and O–H groups in total. The molecular weight excluding hydrogens is 271 g/mol. The van der Waals surface area contributed by atoms with Gasteiger partial charge in [0, 0.05) is 24.5 Å². The van der Waals surface area contributed by atoms with Crippen molar-refractivity contribution < 1.29 is 9.18 Å². The average Bonchev–Trinajstić information content (AvgIpc) is 3.19. The second kappa shape index (κ2) is 6.05. The summed E-state index contributed by atoms with van der Waals surface area (Å²) >= 11 is 0. The summed E-state index contributed by atoms with van der Waals surface area (Å²) in [7, 11) is 0. The van der Waals surface area contributed by atoms with Crippen molar-refractivity contribution in [3.63, 3.8) is 0 Å². The Morgan fingerprint density at radius 3 is 2.81 bits per heavy atom. The van der Waals surface area contributed by atoms with E-state index in [2.05, 4.69) is 15.6 Å². The van der Waals surface area contributed by atoms with Crippen molar-refractivity contribution in [3.8, 4) is 0 Å². The fourth-order valence-corrected chi connectivity index (χ4v) is 2.02. The first-order chi connectivity index (χ1) is 10.2. The number of hydrogen-bond acceptors (Lipinski definition) is 3. The number of rotatable bonds is 6. The second-order valence-electron chi connectivity index (χ2n) is 5.25. The van der Waals surface area contributed by atoms with Crippen LogP contribution in [0.25, 0.3) is 0 Å². The Labute approximate surface area is 122 Å². The van der Waals surface area contributed by atoms with Crippen LogP contribution in [0, 0.1) is 5.82 Å². The minimum atomic E-state index is -0.324. The standard InChI is InChI=1S/C15H17FN4O/c16-11-1-3-13(4-2-11)19-15(21)9-20-8-14(18-10-20)7-17-12-5-6-12/h1-4,8,10,12,17H,5-7,9H2,(H,19,21). The molecule has 110 valence electrons. The number of imidazole rings is 1. The molecule has 1 aliphatic carbocycles. The van der Waals surface area contributed by atoms with Crippen molar-refractivity contribution in [1.82, 2.24) is 14.9 Å². The predicted molar refractivity (Wildman–Crippen MR) is 77.1 cm³/mol. The lowest BCUT2D eigenvalue weighted by molar-refractivity contribution is -0.116. The number of nitrogens with zero attached hydrogens (tertiary/aromatic N) is 2. The Morgan fingerprint density at radius 1 is 1.33 bits per heavy atom. The van der Waals surface area contributed by atoms with Gasteiger partial charge in [-0.3, -0.25) is 4.79 Å². The molecule has 3 rings (SSSR count). The number of amides is 1. The fraction of sp³-hybridized carbons (Fsp3) is 0.333. The topological polar surface area (TPSA) is 59.0 Å². The van der Waals surface area contributed by atoms with Crippen molar-refractivity contribution >= 4 is 11.6 Å². The van der Waals surface area contributed by atoms with E-state index in [0.717, 1.165) is 12.2 Å². The maximum absolute atomic E-state index is 12.8. The quantitative estimate of drug-likeness (QED) is 0.853. The molecule has 0 radical (unpaired) electrons. The van der Waals surface area contributed by atoms with Gasteiger partial charge in [-0.05, 0) is 37.1 Å². The number of halogens is 1. The van der Waals surface area contributed by atoms with Gasteiger partial charge in [0.2, 0.25) is 5.91 Å². The third kappa shape index (κ3) is 4.13. The first kappa shape index (κ1) is 13.8. The summed E-state index contributed by atoms with van der Waals surface area (Å²) in [5, 5.41) is 6.09. The summed E-state index contributed by atoms with van der Waals surface area (Å²) in [6.07, 6.45) is 5.98. The van der Waals surface area contributed by atoms with E-state index in [4.69, 9.17) is 0 Å². The van der Waals surface area contributed by atoms with Crippen LogP contribution >= 0.6 is 0 Å². The molecule has 1 fully saturated rings. The lowest BCUT2D eigenvalue weighted by atomic mass is 10.3. The van der Waals surface area contributed by atoms with Crippen LogP contribution in [0.2, 0.25) is 0 Å². The molecule has 5 nitrogen and oxygen atoms in total. The highest BCUT2D eigenvalue weighted by Gasteiger charge is 2.20. The smallest absolute Gasteiger partial charge is 0.244 e. The summed E-state index contributed by atoms with van der Waals surface area (Å²) < 4.78 is 14.5. The molecule has 1 aliphatic rings. The van der Waals surface area contributed by atoms with E-state index in [-0.39, 0.29) is 18.3 Å². The molecular formula is C15H17FN4O. The van der Waals surface area contributed by atoms with E-state index in [1.54, 1.807) is 10.9 Å². The second-order valence-corrected chi connectivity index (χ2v) is 5.25. The zero-order valence-corrected chi connectivity index (χ0v) is 11.6. The number of nitrogens with one attached hydrogen (secondary N) is 2. The van der Waals surface area contributed by atoms with Crippen molar-refractivity contribution in [1.29, 1.82) is 0 Å². The van der Waals surface area contributed by atoms with Gasteiger partial charge in [0.25, 0.3) is 0 Å². The molecule has 2 aromatic rings. The molecule has 0 unspecified atom stereocenters. The molecule has 1 aromatic carbocycles. The predicted octanol–water partition coefficient (Wildman–Crippen LogP) is 1.91. The third-order valence-electron chi connectivity index (χ3n) is 3.29. The van der Waals surface area contributed by atoms with Gasteiger partial charge >= 0.3 is 0 Å². The first-order valence-corrected chi connectivity index (χ1v) is 6.98. The molecule has 0 saturated heterocycles. The summed E-state index contributed by atoms with van der Waals surface area (Å²) in [5.74, 6) is -0.490. The summed E-state index contributed by atoms with van der Waals surface area (Å²) in [6, 6.07) is 6.33. The Hall–Kier alpha value is -2.21. The number of hydrogen-bond donors (Lipinski definition) is 2. The Balaban J connectivity index is 1.50. The van der Waals surface area contributed by atoms with Gasteiger partial charge in [-0.1, -0.05) is 0 Å². The minimum absolute atomic E-state index is 0.166. The van der Waals surface area contributed by atoms with Crippen molar-refractivity contribution in [2.75, 3.05) is 5.32 Å². The summed E-state index contributed by atoms with van der Waals surface area (Å²) in [6.45, 7) is 0.922. The highest BCUT2D eigenvalue weighted by atomic mass is 19.1. The Kier molecular flexibility index (Phi) is 3.96. The number of anilines is 1. The average molecular weight is 288 g/mol. The van der Waals surface area contributed by atoms with E-state index in [1.165, 1.54) is 37.1 Å². The molecule has 1 heterocycles. The molecule has 1 aromatic heterocycles. The molecule has 0 spiro atoms. The molecule has 0 aliphatic heterocycles. The van der Waals surface area contributed by atoms with Gasteiger partial charge in [0.05, 0.1) is 12.0 Å². The third-order valence-corrected chi connectivity index (χ3v) is 3.29. The van der Waals surface area contributed by atoms with Crippen LogP contribution in [0.1, 0.15) is 18.5 Å². The van der Waals surface area contributed by atoms with Gasteiger partial charge in [0.15, 0.2) is 0 Å². The van der Waals surface area contributed by atoms with Crippen LogP contribution in [0.4, 0.5) is 10.1 Å². The normalized spacial score (nSPS) is 14.1. The van der Waals surface area contributed by atoms with Gasteiger partial charge < -0.3 is 15.2 Å². The number of benzene rings is 1. The van der Waals surface area contributed by atoms with Crippen LogP contribution in [0.3, 0.4) is 0 Å². The van der Waals surface area contributed by atoms with Gasteiger partial charge in [-0.2, -0.15) is 0 Å². The highest BCUT2D eigenvalue weighted by molar-refractivity contribution is 5.90. The van der Waals surface area contributed by atoms with Crippen molar-refractivity contribution in [3.05, 3.63) is 48.3 Å². The number of aromatic nitrogens is 2. The van der Waals surface area contributed by atoms with Gasteiger partial charge in [-0.15, -0.1) is 0 Å². The minimum Gasteiger partial charge on any atom is -0.328 e. The van der Waals surface area contributed by atoms with Crippen LogP contribution < -0.4 is 10.6 Å². The highest BCUT2D eigenvalue weighted by Crippen LogP contribution is 2.19. The maximum Gasteiger partial charge on any atom is 0.244 e. The zero-order chi connectivity index (χ0) is 14.7. The molecule has 0 bridgehead atoms. The summed E-state index contributed by atoms with van der Waals surface area (Å²) in [4.78, 5) is 16.1. The van der Waals surface area contributed by atoms with Crippen LogP contribution in [-0.4, -0.2) is 21.5 Å². The SMILES string of the molecule is O=C(Cn1cnc(CNC2CC2)c1)Nc1ccc(F)cc1. The lowest BCUT2D eigenvalue weighted by Gasteiger charge is -2.05. The van der Waals surface area contributed by atoms with Crippen LogP contribution in [0.15, 0.2) is 36.8 Å². The van der Waals surface area contributed by atoms with Crippen LogP contribution in [0.5, 0.6) is 0 Å². The van der Waals surface area contributed by atoms with Crippen molar-refractivity contribution in [2.24, 2.45) is 0 Å². The molecule has 0 atom stereocenters. The Bertz CT molecular complexity index is 619. The maximum atomic E-state index is 12.8. The summed E-state index contributed by atoms with van der Waals surface area (Å²) in [5.41, 5.74) is 1.51. The fourth-order valence-electron chi connectivity index (χ4n) is 2.02. The first-order valence-electron chi connectivity index (χ1n) is 6.98. The van der Waals surface area contributed by atoms with E-state index in [0.29, 0.717) is 11.7 Å². The monoisotopic (exact) mass is 288 g/mol. The van der Waals surface area contributed by atoms with E-state index >= 15 is 0 Å². The van der Waals surface area contributed by atoms with E-state index in [9.17, 15) is 9.18 Å². The number of carbonyl (C=O) groups excluding carboxylic acids is 1. The Morgan fingerprint density at radius 2 is 2.10 bits per heavy atom. The van der Waals surface area contributed by atoms with Gasteiger partial charge in [-0.25, -0.2) is 9.37 Å². The van der Waals surface area contributed by atoms with E-state index in [1.807, 2.05) is 6.20 Å². The molecule has 1 amide bonds.